The van der Waals surface area contributed by atoms with Crippen LogP contribution >= 0.6 is 0 Å². The molecule has 0 aliphatic rings. The smallest absolute Gasteiger partial charge is 0.281 e. The van der Waals surface area contributed by atoms with E-state index in [0.717, 1.165) is 5.56 Å². The molecule has 2 aromatic carbocycles. The van der Waals surface area contributed by atoms with Gasteiger partial charge in [0.05, 0.1) is 34.2 Å². The summed E-state index contributed by atoms with van der Waals surface area (Å²) in [5.41, 5.74) is 2.35. The molecule has 0 N–H and O–H groups in total. The first-order valence-corrected chi connectivity index (χ1v) is 8.53. The van der Waals surface area contributed by atoms with Crippen molar-refractivity contribution in [2.75, 3.05) is 19.1 Å². The Bertz CT molecular complexity index is 1350. The molecule has 2 aromatic heterocycles. The molecule has 0 saturated carbocycles. The molecule has 0 saturated heterocycles. The van der Waals surface area contributed by atoms with Crippen molar-refractivity contribution in [2.24, 2.45) is 0 Å². The third kappa shape index (κ3) is 2.65. The summed E-state index contributed by atoms with van der Waals surface area (Å²) in [6.07, 6.45) is 0.480. The fourth-order valence-corrected chi connectivity index (χ4v) is 3.22. The second-order valence-corrected chi connectivity index (χ2v) is 6.55. The van der Waals surface area contributed by atoms with Crippen LogP contribution in [0.3, 0.4) is 0 Å². The molecule has 0 aliphatic carbocycles. The van der Waals surface area contributed by atoms with E-state index in [1.165, 1.54) is 4.68 Å². The SMILES string of the molecule is CN(C)n1c(=O)c2cc(C#N)ccc2n2c(Cc3ccc(C#N)cc3)nnc12. The lowest BCUT2D eigenvalue weighted by Crippen LogP contribution is -2.37. The highest BCUT2D eigenvalue weighted by atomic mass is 16.1. The third-order valence-corrected chi connectivity index (χ3v) is 4.54. The molecule has 8 nitrogen and oxygen atoms in total. The van der Waals surface area contributed by atoms with Gasteiger partial charge in [-0.2, -0.15) is 15.2 Å². The first-order valence-electron chi connectivity index (χ1n) is 8.53. The number of hydrogen-bond acceptors (Lipinski definition) is 6. The highest BCUT2D eigenvalue weighted by Crippen LogP contribution is 2.18. The molecule has 136 valence electrons. The molecule has 0 amide bonds. The molecular formula is C20H15N7O. The van der Waals surface area contributed by atoms with Crippen molar-refractivity contribution in [1.82, 2.24) is 19.3 Å². The van der Waals surface area contributed by atoms with Crippen molar-refractivity contribution in [3.05, 3.63) is 75.3 Å². The number of hydrogen-bond donors (Lipinski definition) is 0. The van der Waals surface area contributed by atoms with Crippen LogP contribution in [0.2, 0.25) is 0 Å². The van der Waals surface area contributed by atoms with Gasteiger partial charge in [-0.3, -0.25) is 9.20 Å². The lowest BCUT2D eigenvalue weighted by Gasteiger charge is -2.18. The van der Waals surface area contributed by atoms with Gasteiger partial charge >= 0.3 is 0 Å². The van der Waals surface area contributed by atoms with Gasteiger partial charge in [0.1, 0.15) is 5.82 Å². The first-order chi connectivity index (χ1) is 13.5. The zero-order valence-electron chi connectivity index (χ0n) is 15.3. The van der Waals surface area contributed by atoms with Gasteiger partial charge in [-0.05, 0) is 35.9 Å². The maximum absolute atomic E-state index is 13.0. The van der Waals surface area contributed by atoms with Crippen LogP contribution in [0.4, 0.5) is 0 Å². The Hall–Kier alpha value is -4.17. The van der Waals surface area contributed by atoms with Gasteiger partial charge in [0.25, 0.3) is 11.3 Å². The summed E-state index contributed by atoms with van der Waals surface area (Å²) in [6.45, 7) is 0. The van der Waals surface area contributed by atoms with Gasteiger partial charge in [-0.1, -0.05) is 12.1 Å². The van der Waals surface area contributed by atoms with Crippen LogP contribution < -0.4 is 10.6 Å². The number of aromatic nitrogens is 4. The van der Waals surface area contributed by atoms with Crippen molar-refractivity contribution >= 4 is 16.7 Å². The highest BCUT2D eigenvalue weighted by molar-refractivity contribution is 5.82. The molecule has 2 heterocycles. The zero-order chi connectivity index (χ0) is 19.8. The minimum absolute atomic E-state index is 0.262. The number of benzene rings is 2. The quantitative estimate of drug-likeness (QED) is 0.543. The second kappa shape index (κ2) is 6.53. The Morgan fingerprint density at radius 2 is 1.68 bits per heavy atom. The fourth-order valence-electron chi connectivity index (χ4n) is 3.22. The maximum Gasteiger partial charge on any atom is 0.281 e. The minimum atomic E-state index is -0.262. The van der Waals surface area contributed by atoms with Gasteiger partial charge in [-0.15, -0.1) is 10.2 Å². The van der Waals surface area contributed by atoms with Gasteiger partial charge in [0, 0.05) is 20.5 Å². The molecule has 0 fully saturated rings. The summed E-state index contributed by atoms with van der Waals surface area (Å²) in [6, 6.07) is 16.4. The molecule has 0 bridgehead atoms. The molecule has 0 radical (unpaired) electrons. The van der Waals surface area contributed by atoms with Crippen LogP contribution in [0, 0.1) is 22.7 Å². The van der Waals surface area contributed by atoms with E-state index in [1.54, 1.807) is 49.4 Å². The van der Waals surface area contributed by atoms with E-state index in [2.05, 4.69) is 22.3 Å². The zero-order valence-corrected chi connectivity index (χ0v) is 15.3. The summed E-state index contributed by atoms with van der Waals surface area (Å²) in [5, 5.41) is 28.8. The predicted octanol–water partition coefficient (Wildman–Crippen LogP) is 1.58. The Labute approximate surface area is 160 Å². The van der Waals surface area contributed by atoms with Gasteiger partial charge in [0.2, 0.25) is 0 Å². The highest BCUT2D eigenvalue weighted by Gasteiger charge is 2.18. The van der Waals surface area contributed by atoms with Crippen LogP contribution in [-0.2, 0) is 6.42 Å². The Morgan fingerprint density at radius 1 is 1.00 bits per heavy atom. The van der Waals surface area contributed by atoms with Crippen LogP contribution in [0.1, 0.15) is 22.5 Å². The van der Waals surface area contributed by atoms with Crippen LogP contribution in [0.15, 0.2) is 47.3 Å². The van der Waals surface area contributed by atoms with Crippen molar-refractivity contribution < 1.29 is 0 Å². The number of rotatable bonds is 3. The molecule has 28 heavy (non-hydrogen) atoms. The molecule has 0 spiro atoms. The van der Waals surface area contributed by atoms with E-state index in [0.29, 0.717) is 40.1 Å². The molecule has 0 atom stereocenters. The lowest BCUT2D eigenvalue weighted by molar-refractivity contribution is 0.708. The third-order valence-electron chi connectivity index (χ3n) is 4.54. The van der Waals surface area contributed by atoms with Crippen LogP contribution in [0.5, 0.6) is 0 Å². The summed E-state index contributed by atoms with van der Waals surface area (Å²) in [4.78, 5) is 13.0. The first kappa shape index (κ1) is 17.3. The Kier molecular flexibility index (Phi) is 4.02. The van der Waals surface area contributed by atoms with E-state index >= 15 is 0 Å². The van der Waals surface area contributed by atoms with Crippen LogP contribution in [0.25, 0.3) is 16.7 Å². The average molecular weight is 369 g/mol. The predicted molar refractivity (Wildman–Crippen MR) is 103 cm³/mol. The largest absolute Gasteiger partial charge is 0.313 e. The lowest BCUT2D eigenvalue weighted by atomic mass is 10.1. The molecule has 8 heteroatoms. The van der Waals surface area contributed by atoms with E-state index < -0.39 is 0 Å². The van der Waals surface area contributed by atoms with Crippen molar-refractivity contribution in [3.63, 3.8) is 0 Å². The van der Waals surface area contributed by atoms with Gasteiger partial charge in [0.15, 0.2) is 0 Å². The topological polar surface area (TPSA) is 103 Å². The van der Waals surface area contributed by atoms with Gasteiger partial charge < -0.3 is 5.01 Å². The summed E-state index contributed by atoms with van der Waals surface area (Å²) >= 11 is 0. The van der Waals surface area contributed by atoms with Crippen LogP contribution in [-0.4, -0.2) is 33.4 Å². The van der Waals surface area contributed by atoms with E-state index in [9.17, 15) is 10.1 Å². The number of fused-ring (bicyclic) bond motifs is 3. The standard InChI is InChI=1S/C20H15N7O/c1-25(2)27-19(28)16-9-15(12-22)7-8-17(16)26-18(23-24-20(26)27)10-13-3-5-14(11-21)6-4-13/h3-9H,10H2,1-2H3. The average Bonchev–Trinajstić information content (AvgIpc) is 3.11. The Balaban J connectivity index is 2.00. The van der Waals surface area contributed by atoms with Crippen molar-refractivity contribution in [3.8, 4) is 12.1 Å². The molecule has 4 aromatic rings. The van der Waals surface area contributed by atoms with Crippen molar-refractivity contribution in [1.29, 1.82) is 10.5 Å². The van der Waals surface area contributed by atoms with E-state index in [-0.39, 0.29) is 5.56 Å². The summed E-state index contributed by atoms with van der Waals surface area (Å²) in [7, 11) is 3.49. The summed E-state index contributed by atoms with van der Waals surface area (Å²) < 4.78 is 3.26. The molecule has 0 aliphatic heterocycles. The maximum atomic E-state index is 13.0. The van der Waals surface area contributed by atoms with Gasteiger partial charge in [-0.25, -0.2) is 0 Å². The monoisotopic (exact) mass is 369 g/mol. The molecule has 0 unspecified atom stereocenters. The van der Waals surface area contributed by atoms with E-state index in [1.807, 2.05) is 16.5 Å². The number of nitriles is 2. The second-order valence-electron chi connectivity index (χ2n) is 6.55. The summed E-state index contributed by atoms with van der Waals surface area (Å²) in [5.74, 6) is 1.06. The van der Waals surface area contributed by atoms with Crippen molar-refractivity contribution in [2.45, 2.75) is 6.42 Å². The minimum Gasteiger partial charge on any atom is -0.313 e. The molecule has 4 rings (SSSR count). The van der Waals surface area contributed by atoms with E-state index in [4.69, 9.17) is 5.26 Å². The fraction of sp³-hybridized carbons (Fsp3) is 0.150. The number of nitrogens with zero attached hydrogens (tertiary/aromatic N) is 7. The normalized spacial score (nSPS) is 10.7. The molecular weight excluding hydrogens is 354 g/mol. The Morgan fingerprint density at radius 3 is 2.32 bits per heavy atom.